The molecule has 24 heavy (non-hydrogen) atoms. The van der Waals surface area contributed by atoms with Crippen LogP contribution in [-0.2, 0) is 25.3 Å². The molecule has 0 aliphatic carbocycles. The summed E-state index contributed by atoms with van der Waals surface area (Å²) in [5.41, 5.74) is -1.82. The van der Waals surface area contributed by atoms with Gasteiger partial charge < -0.3 is 4.74 Å². The van der Waals surface area contributed by atoms with Crippen molar-refractivity contribution in [3.8, 4) is 0 Å². The Morgan fingerprint density at radius 3 is 2.38 bits per heavy atom. The summed E-state index contributed by atoms with van der Waals surface area (Å²) in [5.74, 6) is -2.15. The topological polar surface area (TPSA) is 60.4 Å². The third kappa shape index (κ3) is 5.84. The molecule has 0 atom stereocenters. The monoisotopic (exact) mass is 360 g/mol. The zero-order valence-electron chi connectivity index (χ0n) is 13.0. The van der Waals surface area contributed by atoms with Gasteiger partial charge in [0.2, 0.25) is 0 Å². The second-order valence-electron chi connectivity index (χ2n) is 4.57. The predicted octanol–water partition coefficient (Wildman–Crippen LogP) is 3.50. The average Bonchev–Trinajstić information content (AvgIpc) is 2.49. The number of hydrogen-bond acceptors (Lipinski definition) is 5. The smallest absolute Gasteiger partial charge is 0.416 e. The van der Waals surface area contributed by atoms with E-state index in [1.54, 1.807) is 0 Å². The lowest BCUT2D eigenvalue weighted by Crippen LogP contribution is -2.18. The molecule has 4 nitrogen and oxygen atoms in total. The van der Waals surface area contributed by atoms with Gasteiger partial charge in [0, 0.05) is 6.92 Å². The molecule has 1 rings (SSSR count). The zero-order valence-corrected chi connectivity index (χ0v) is 13.8. The van der Waals surface area contributed by atoms with Gasteiger partial charge in [-0.15, -0.1) is 0 Å². The van der Waals surface area contributed by atoms with Crippen molar-refractivity contribution in [3.63, 3.8) is 0 Å². The first-order valence-electron chi connectivity index (χ1n) is 6.88. The normalized spacial score (nSPS) is 12.0. The Bertz CT molecular complexity index is 666. The number of thioether (sulfide) groups is 1. The van der Waals surface area contributed by atoms with Crippen LogP contribution in [0, 0.1) is 0 Å². The largest absolute Gasteiger partial charge is 0.462 e. The predicted molar refractivity (Wildman–Crippen MR) is 84.2 cm³/mol. The summed E-state index contributed by atoms with van der Waals surface area (Å²) in [5, 5.41) is -0.345. The van der Waals surface area contributed by atoms with Crippen LogP contribution < -0.4 is 0 Å². The van der Waals surface area contributed by atoms with Crippen molar-refractivity contribution in [1.82, 2.24) is 0 Å². The molecule has 0 N–H and O–H groups in total. The highest BCUT2D eigenvalue weighted by atomic mass is 32.2. The molecule has 0 aromatic heterocycles. The molecule has 1 aromatic carbocycles. The van der Waals surface area contributed by atoms with Crippen molar-refractivity contribution in [2.75, 3.05) is 12.4 Å². The van der Waals surface area contributed by atoms with Crippen molar-refractivity contribution in [2.24, 2.45) is 0 Å². The van der Waals surface area contributed by atoms with E-state index < -0.39 is 29.1 Å². The summed E-state index contributed by atoms with van der Waals surface area (Å²) >= 11 is 0.664. The molecule has 0 bridgehead atoms. The molecule has 8 heteroatoms. The van der Waals surface area contributed by atoms with E-state index in [0.29, 0.717) is 11.8 Å². The first-order chi connectivity index (χ1) is 11.2. The number of esters is 1. The molecule has 0 aliphatic rings. The molecule has 0 unspecified atom stereocenters. The fraction of sp³-hybridized carbons (Fsp3) is 0.312. The number of ketones is 1. The standard InChI is InChI=1S/C16H15F3O4S/c1-3-23-15(22)12(14(21)9-24-10(2)20)8-11-6-4-5-7-13(11)16(17,18)19/h4-8H,3,9H2,1-2H3. The number of benzene rings is 1. The number of carbonyl (C=O) groups excluding carboxylic acids is 3. The van der Waals surface area contributed by atoms with Gasteiger partial charge in [-0.25, -0.2) is 4.79 Å². The Morgan fingerprint density at radius 2 is 1.83 bits per heavy atom. The molecule has 130 valence electrons. The van der Waals surface area contributed by atoms with E-state index in [1.807, 2.05) is 0 Å². The molecular weight excluding hydrogens is 345 g/mol. The molecule has 0 heterocycles. The minimum atomic E-state index is -4.63. The first kappa shape index (κ1) is 20.0. The van der Waals surface area contributed by atoms with Gasteiger partial charge in [-0.1, -0.05) is 30.0 Å². The lowest BCUT2D eigenvalue weighted by Gasteiger charge is -2.11. The van der Waals surface area contributed by atoms with Crippen LogP contribution in [0.25, 0.3) is 6.08 Å². The fourth-order valence-corrected chi connectivity index (χ4v) is 2.23. The van der Waals surface area contributed by atoms with Crippen LogP contribution in [0.15, 0.2) is 29.8 Å². The van der Waals surface area contributed by atoms with Crippen molar-refractivity contribution in [1.29, 1.82) is 0 Å². The van der Waals surface area contributed by atoms with E-state index in [9.17, 15) is 27.6 Å². The zero-order chi connectivity index (χ0) is 18.3. The van der Waals surface area contributed by atoms with Gasteiger partial charge in [0.05, 0.1) is 17.9 Å². The van der Waals surface area contributed by atoms with Gasteiger partial charge in [-0.2, -0.15) is 13.2 Å². The Balaban J connectivity index is 3.29. The maximum absolute atomic E-state index is 13.0. The molecule has 0 spiro atoms. The maximum Gasteiger partial charge on any atom is 0.416 e. The molecule has 0 saturated carbocycles. The van der Waals surface area contributed by atoms with E-state index in [2.05, 4.69) is 0 Å². The quantitative estimate of drug-likeness (QED) is 0.336. The van der Waals surface area contributed by atoms with Gasteiger partial charge >= 0.3 is 12.1 Å². The second kappa shape index (κ2) is 8.68. The summed E-state index contributed by atoms with van der Waals surface area (Å²) in [6.45, 7) is 2.71. The van der Waals surface area contributed by atoms with Gasteiger partial charge in [0.1, 0.15) is 5.57 Å². The van der Waals surface area contributed by atoms with Gasteiger partial charge in [0.25, 0.3) is 0 Å². The number of hydrogen-bond donors (Lipinski definition) is 0. The van der Waals surface area contributed by atoms with Crippen LogP contribution in [0.1, 0.15) is 25.0 Å². The number of carbonyl (C=O) groups is 3. The van der Waals surface area contributed by atoms with Gasteiger partial charge in [-0.05, 0) is 24.6 Å². The number of rotatable bonds is 6. The van der Waals surface area contributed by atoms with E-state index >= 15 is 0 Å². The maximum atomic E-state index is 13.0. The lowest BCUT2D eigenvalue weighted by molar-refractivity contribution is -0.140. The summed E-state index contributed by atoms with van der Waals surface area (Å²) in [6.07, 6.45) is -3.78. The molecule has 0 aliphatic heterocycles. The number of ether oxygens (including phenoxy) is 1. The Hall–Kier alpha value is -2.09. The third-order valence-corrected chi connectivity index (χ3v) is 3.58. The average molecular weight is 360 g/mol. The molecular formula is C16H15F3O4S. The van der Waals surface area contributed by atoms with Crippen molar-refractivity contribution in [2.45, 2.75) is 20.0 Å². The summed E-state index contributed by atoms with van der Waals surface area (Å²) in [7, 11) is 0. The number of alkyl halides is 3. The van der Waals surface area contributed by atoms with Gasteiger partial charge in [0.15, 0.2) is 10.9 Å². The summed E-state index contributed by atoms with van der Waals surface area (Å²) < 4.78 is 43.8. The molecule has 1 aromatic rings. The SMILES string of the molecule is CCOC(=O)C(=Cc1ccccc1C(F)(F)F)C(=O)CSC(C)=O. The molecule has 0 radical (unpaired) electrons. The van der Waals surface area contributed by atoms with Crippen LogP contribution in [0.4, 0.5) is 13.2 Å². The van der Waals surface area contributed by atoms with Crippen molar-refractivity contribution >= 4 is 34.7 Å². The Kier molecular flexibility index (Phi) is 7.21. The lowest BCUT2D eigenvalue weighted by atomic mass is 10.0. The van der Waals surface area contributed by atoms with E-state index in [0.717, 1.165) is 18.2 Å². The highest BCUT2D eigenvalue weighted by Gasteiger charge is 2.33. The van der Waals surface area contributed by atoms with E-state index in [-0.39, 0.29) is 23.0 Å². The van der Waals surface area contributed by atoms with Crippen LogP contribution in [0.5, 0.6) is 0 Å². The van der Waals surface area contributed by atoms with E-state index in [1.165, 1.54) is 26.0 Å². The fourth-order valence-electron chi connectivity index (χ4n) is 1.74. The summed E-state index contributed by atoms with van der Waals surface area (Å²) in [6, 6.07) is 4.56. The first-order valence-corrected chi connectivity index (χ1v) is 7.87. The number of Topliss-reactive ketones (excluding diaryl/α,β-unsaturated/α-hetero) is 1. The molecule has 0 saturated heterocycles. The van der Waals surface area contributed by atoms with E-state index in [4.69, 9.17) is 4.74 Å². The third-order valence-electron chi connectivity index (χ3n) is 2.77. The second-order valence-corrected chi connectivity index (χ2v) is 5.72. The highest BCUT2D eigenvalue weighted by Crippen LogP contribution is 2.33. The van der Waals surface area contributed by atoms with Crippen LogP contribution in [0.2, 0.25) is 0 Å². The van der Waals surface area contributed by atoms with Crippen LogP contribution in [-0.4, -0.2) is 29.2 Å². The van der Waals surface area contributed by atoms with Crippen molar-refractivity contribution < 1.29 is 32.3 Å². The highest BCUT2D eigenvalue weighted by molar-refractivity contribution is 8.14. The van der Waals surface area contributed by atoms with Crippen molar-refractivity contribution in [3.05, 3.63) is 41.0 Å². The Labute approximate surface area is 141 Å². The van der Waals surface area contributed by atoms with Crippen LogP contribution >= 0.6 is 11.8 Å². The molecule has 0 fully saturated rings. The Morgan fingerprint density at radius 1 is 1.21 bits per heavy atom. The minimum Gasteiger partial charge on any atom is -0.462 e. The number of halogens is 3. The minimum absolute atomic E-state index is 0.0375. The molecule has 0 amide bonds. The summed E-state index contributed by atoms with van der Waals surface area (Å²) in [4.78, 5) is 35.0. The van der Waals surface area contributed by atoms with Gasteiger partial charge in [-0.3, -0.25) is 9.59 Å². The van der Waals surface area contributed by atoms with Crippen LogP contribution in [0.3, 0.4) is 0 Å².